The molecule has 2 aromatic rings. The van der Waals surface area contributed by atoms with Gasteiger partial charge in [-0.25, -0.2) is 9.67 Å². The Morgan fingerprint density at radius 1 is 1.38 bits per heavy atom. The second-order valence-electron chi connectivity index (χ2n) is 3.58. The predicted molar refractivity (Wildman–Crippen MR) is 68.9 cm³/mol. The van der Waals surface area contributed by atoms with E-state index in [0.29, 0.717) is 9.39 Å². The third-order valence-corrected chi connectivity index (χ3v) is 3.60. The standard InChI is InChI=1S/C10H11IN4O/c1-5-6(2)14-15(7(5)3)9-8(11)10(16)13-4-12-9/h4H,1-3H3,(H,12,13,16). The van der Waals surface area contributed by atoms with Crippen molar-refractivity contribution in [2.45, 2.75) is 20.8 Å². The molecule has 0 aliphatic carbocycles. The van der Waals surface area contributed by atoms with Crippen LogP contribution >= 0.6 is 22.6 Å². The molecule has 6 heteroatoms. The summed E-state index contributed by atoms with van der Waals surface area (Å²) in [6, 6.07) is 0. The van der Waals surface area contributed by atoms with Gasteiger partial charge in [0.15, 0.2) is 5.82 Å². The van der Waals surface area contributed by atoms with Gasteiger partial charge in [0, 0.05) is 5.69 Å². The molecule has 0 aromatic carbocycles. The van der Waals surface area contributed by atoms with Gasteiger partial charge >= 0.3 is 0 Å². The van der Waals surface area contributed by atoms with Crippen molar-refractivity contribution in [2.75, 3.05) is 0 Å². The zero-order valence-electron chi connectivity index (χ0n) is 9.21. The number of aromatic amines is 1. The van der Waals surface area contributed by atoms with E-state index in [1.54, 1.807) is 4.68 Å². The summed E-state index contributed by atoms with van der Waals surface area (Å²) in [5.74, 6) is 0.582. The van der Waals surface area contributed by atoms with Crippen molar-refractivity contribution in [2.24, 2.45) is 0 Å². The summed E-state index contributed by atoms with van der Waals surface area (Å²) >= 11 is 1.98. The number of aromatic nitrogens is 4. The SMILES string of the molecule is Cc1nn(-c2nc[nH]c(=O)c2I)c(C)c1C. The fourth-order valence-corrected chi connectivity index (χ4v) is 1.97. The summed E-state index contributed by atoms with van der Waals surface area (Å²) in [7, 11) is 0. The molecular formula is C10H11IN4O. The van der Waals surface area contributed by atoms with E-state index >= 15 is 0 Å². The Balaban J connectivity index is 2.73. The van der Waals surface area contributed by atoms with Crippen LogP contribution in [0.2, 0.25) is 0 Å². The molecule has 0 saturated heterocycles. The highest BCUT2D eigenvalue weighted by atomic mass is 127. The Hall–Kier alpha value is -1.18. The summed E-state index contributed by atoms with van der Waals surface area (Å²) < 4.78 is 2.26. The topological polar surface area (TPSA) is 63.6 Å². The average molecular weight is 330 g/mol. The summed E-state index contributed by atoms with van der Waals surface area (Å²) in [6.07, 6.45) is 1.39. The van der Waals surface area contributed by atoms with Crippen LogP contribution in [0.25, 0.3) is 5.82 Å². The Morgan fingerprint density at radius 2 is 2.06 bits per heavy atom. The minimum absolute atomic E-state index is 0.143. The predicted octanol–water partition coefficient (Wildman–Crippen LogP) is 1.49. The Kier molecular flexibility index (Phi) is 2.83. The van der Waals surface area contributed by atoms with E-state index in [1.165, 1.54) is 6.33 Å². The highest BCUT2D eigenvalue weighted by Gasteiger charge is 2.13. The fourth-order valence-electron chi connectivity index (χ4n) is 1.45. The number of rotatable bonds is 1. The Labute approximate surface area is 106 Å². The second-order valence-corrected chi connectivity index (χ2v) is 4.66. The lowest BCUT2D eigenvalue weighted by Crippen LogP contribution is -2.16. The fraction of sp³-hybridized carbons (Fsp3) is 0.300. The van der Waals surface area contributed by atoms with Gasteiger partial charge in [0.1, 0.15) is 3.57 Å². The van der Waals surface area contributed by atoms with Gasteiger partial charge in [-0.3, -0.25) is 4.79 Å². The molecule has 1 N–H and O–H groups in total. The Morgan fingerprint density at radius 3 is 2.62 bits per heavy atom. The lowest BCUT2D eigenvalue weighted by atomic mass is 10.2. The number of aryl methyl sites for hydroxylation is 1. The first-order valence-electron chi connectivity index (χ1n) is 4.78. The van der Waals surface area contributed by atoms with E-state index in [4.69, 9.17) is 0 Å². The quantitative estimate of drug-likeness (QED) is 0.806. The molecule has 5 nitrogen and oxygen atoms in total. The molecule has 0 saturated carbocycles. The van der Waals surface area contributed by atoms with Crippen LogP contribution in [-0.4, -0.2) is 19.7 Å². The molecule has 0 radical (unpaired) electrons. The van der Waals surface area contributed by atoms with Gasteiger partial charge in [-0.05, 0) is 48.9 Å². The van der Waals surface area contributed by atoms with Crippen LogP contribution in [0.15, 0.2) is 11.1 Å². The lowest BCUT2D eigenvalue weighted by molar-refractivity contribution is 0.790. The molecular weight excluding hydrogens is 319 g/mol. The average Bonchev–Trinajstić information content (AvgIpc) is 2.50. The summed E-state index contributed by atoms with van der Waals surface area (Å²) in [5, 5.41) is 4.38. The van der Waals surface area contributed by atoms with Crippen molar-refractivity contribution in [1.29, 1.82) is 0 Å². The van der Waals surface area contributed by atoms with Gasteiger partial charge in [0.25, 0.3) is 5.56 Å². The van der Waals surface area contributed by atoms with E-state index in [9.17, 15) is 4.79 Å². The van der Waals surface area contributed by atoms with Gasteiger partial charge in [-0.2, -0.15) is 5.10 Å². The monoisotopic (exact) mass is 330 g/mol. The molecule has 0 amide bonds. The van der Waals surface area contributed by atoms with Gasteiger partial charge in [0.05, 0.1) is 12.0 Å². The van der Waals surface area contributed by atoms with Crippen molar-refractivity contribution < 1.29 is 0 Å². The normalized spacial score (nSPS) is 10.8. The van der Waals surface area contributed by atoms with Crippen LogP contribution in [0.4, 0.5) is 0 Å². The van der Waals surface area contributed by atoms with Crippen molar-refractivity contribution in [1.82, 2.24) is 19.7 Å². The van der Waals surface area contributed by atoms with E-state index < -0.39 is 0 Å². The number of nitrogens with zero attached hydrogens (tertiary/aromatic N) is 3. The number of nitrogens with one attached hydrogen (secondary N) is 1. The molecule has 0 unspecified atom stereocenters. The third-order valence-electron chi connectivity index (χ3n) is 2.63. The highest BCUT2D eigenvalue weighted by molar-refractivity contribution is 14.1. The van der Waals surface area contributed by atoms with Crippen LogP contribution in [0, 0.1) is 24.3 Å². The first kappa shape index (κ1) is 11.3. The number of H-pyrrole nitrogens is 1. The molecule has 84 valence electrons. The maximum Gasteiger partial charge on any atom is 0.266 e. The van der Waals surface area contributed by atoms with Crippen molar-refractivity contribution >= 4 is 22.6 Å². The zero-order valence-corrected chi connectivity index (χ0v) is 11.4. The summed E-state index contributed by atoms with van der Waals surface area (Å²) in [6.45, 7) is 5.92. The summed E-state index contributed by atoms with van der Waals surface area (Å²) in [4.78, 5) is 18.2. The molecule has 2 aromatic heterocycles. The van der Waals surface area contributed by atoms with Crippen LogP contribution in [-0.2, 0) is 0 Å². The van der Waals surface area contributed by atoms with Crippen molar-refractivity contribution in [3.8, 4) is 5.82 Å². The molecule has 2 rings (SSSR count). The molecule has 0 spiro atoms. The van der Waals surface area contributed by atoms with Gasteiger partial charge < -0.3 is 4.98 Å². The minimum Gasteiger partial charge on any atom is -0.312 e. The van der Waals surface area contributed by atoms with Crippen molar-refractivity contribution in [3.63, 3.8) is 0 Å². The maximum atomic E-state index is 11.5. The van der Waals surface area contributed by atoms with Crippen LogP contribution in [0.3, 0.4) is 0 Å². The van der Waals surface area contributed by atoms with Crippen LogP contribution < -0.4 is 5.56 Å². The molecule has 2 heterocycles. The minimum atomic E-state index is -0.143. The number of halogens is 1. The van der Waals surface area contributed by atoms with Gasteiger partial charge in [-0.1, -0.05) is 0 Å². The molecule has 0 aliphatic rings. The van der Waals surface area contributed by atoms with Gasteiger partial charge in [0.2, 0.25) is 0 Å². The number of hydrogen-bond acceptors (Lipinski definition) is 3. The van der Waals surface area contributed by atoms with E-state index in [0.717, 1.165) is 17.0 Å². The molecule has 0 bridgehead atoms. The molecule has 0 aliphatic heterocycles. The Bertz CT molecular complexity index is 599. The third kappa shape index (κ3) is 1.66. The van der Waals surface area contributed by atoms with E-state index in [2.05, 4.69) is 15.1 Å². The second kappa shape index (κ2) is 4.00. The summed E-state index contributed by atoms with van der Waals surface area (Å²) in [5.41, 5.74) is 2.94. The zero-order chi connectivity index (χ0) is 11.9. The van der Waals surface area contributed by atoms with Crippen molar-refractivity contribution in [3.05, 3.63) is 37.2 Å². The first-order valence-corrected chi connectivity index (χ1v) is 5.86. The molecule has 16 heavy (non-hydrogen) atoms. The molecule has 0 atom stereocenters. The largest absolute Gasteiger partial charge is 0.312 e. The van der Waals surface area contributed by atoms with Gasteiger partial charge in [-0.15, -0.1) is 0 Å². The van der Waals surface area contributed by atoms with E-state index in [-0.39, 0.29) is 5.56 Å². The smallest absolute Gasteiger partial charge is 0.266 e. The highest BCUT2D eigenvalue weighted by Crippen LogP contribution is 2.16. The lowest BCUT2D eigenvalue weighted by Gasteiger charge is -2.04. The van der Waals surface area contributed by atoms with E-state index in [1.807, 2.05) is 43.4 Å². The molecule has 0 fully saturated rings. The number of hydrogen-bond donors (Lipinski definition) is 1. The first-order chi connectivity index (χ1) is 7.52. The maximum absolute atomic E-state index is 11.5. The van der Waals surface area contributed by atoms with Crippen LogP contribution in [0.5, 0.6) is 0 Å². The van der Waals surface area contributed by atoms with Crippen LogP contribution in [0.1, 0.15) is 17.0 Å².